The Hall–Kier alpha value is -3.53. The maximum atomic E-state index is 12.1. The van der Waals surface area contributed by atoms with Gasteiger partial charge in [-0.2, -0.15) is 8.75 Å². The van der Waals surface area contributed by atoms with Crippen LogP contribution < -0.4 is 16.2 Å². The van der Waals surface area contributed by atoms with E-state index in [1.165, 1.54) is 0 Å². The summed E-state index contributed by atoms with van der Waals surface area (Å²) in [7, 11) is 0. The molecule has 1 heterocycles. The SMILES string of the molecule is O=C(CCCNC(=O)OCc1ccccc1)NNC(=O)c1ccc2nsnc2c1. The first-order valence-electron chi connectivity index (χ1n) is 8.88. The van der Waals surface area contributed by atoms with E-state index in [-0.39, 0.29) is 25.5 Å². The average Bonchev–Trinajstić information content (AvgIpc) is 3.22. The molecular formula is C19H19N5O4S. The molecule has 0 saturated heterocycles. The minimum atomic E-state index is -0.547. The van der Waals surface area contributed by atoms with Crippen LogP contribution in [0, 0.1) is 0 Å². The molecule has 0 fully saturated rings. The van der Waals surface area contributed by atoms with E-state index in [4.69, 9.17) is 4.74 Å². The van der Waals surface area contributed by atoms with Gasteiger partial charge in [-0.25, -0.2) is 4.79 Å². The summed E-state index contributed by atoms with van der Waals surface area (Å²) in [5.41, 5.74) is 7.29. The van der Waals surface area contributed by atoms with Gasteiger partial charge in [-0.05, 0) is 30.2 Å². The number of alkyl carbamates (subject to hydrolysis) is 1. The first-order valence-corrected chi connectivity index (χ1v) is 9.61. The van der Waals surface area contributed by atoms with Crippen LogP contribution in [0.3, 0.4) is 0 Å². The average molecular weight is 413 g/mol. The molecule has 3 N–H and O–H groups in total. The lowest BCUT2D eigenvalue weighted by atomic mass is 10.2. The summed E-state index contributed by atoms with van der Waals surface area (Å²) in [6, 6.07) is 14.2. The standard InChI is InChI=1S/C19H19N5O4S/c25-17(7-4-10-20-19(27)28-12-13-5-2-1-3-6-13)21-22-18(26)14-8-9-15-16(11-14)24-29-23-15/h1-3,5-6,8-9,11H,4,7,10,12H2,(H,20,27)(H,21,25)(H,22,26). The second-order valence-electron chi connectivity index (χ2n) is 6.06. The first-order chi connectivity index (χ1) is 14.1. The molecule has 0 aliphatic heterocycles. The van der Waals surface area contributed by atoms with Crippen LogP contribution in [0.5, 0.6) is 0 Å². The lowest BCUT2D eigenvalue weighted by Crippen LogP contribution is -2.41. The predicted octanol–water partition coefficient (Wildman–Crippen LogP) is 2.16. The van der Waals surface area contributed by atoms with Crippen LogP contribution in [0.15, 0.2) is 48.5 Å². The van der Waals surface area contributed by atoms with Crippen molar-refractivity contribution in [1.29, 1.82) is 0 Å². The Kier molecular flexibility index (Phi) is 7.06. The number of hydrogen-bond donors (Lipinski definition) is 3. The molecule has 150 valence electrons. The number of aromatic nitrogens is 2. The summed E-state index contributed by atoms with van der Waals surface area (Å²) < 4.78 is 13.2. The molecule has 2 aromatic carbocycles. The summed E-state index contributed by atoms with van der Waals surface area (Å²) in [6.45, 7) is 0.463. The Labute approximate surface area is 170 Å². The van der Waals surface area contributed by atoms with Gasteiger partial charge < -0.3 is 10.1 Å². The van der Waals surface area contributed by atoms with Gasteiger partial charge >= 0.3 is 6.09 Å². The molecule has 3 aromatic rings. The van der Waals surface area contributed by atoms with Crippen molar-refractivity contribution < 1.29 is 19.1 Å². The highest BCUT2D eigenvalue weighted by molar-refractivity contribution is 7.00. The van der Waals surface area contributed by atoms with Crippen molar-refractivity contribution in [2.45, 2.75) is 19.4 Å². The van der Waals surface area contributed by atoms with Gasteiger partial charge in [-0.3, -0.25) is 20.4 Å². The fourth-order valence-electron chi connectivity index (χ4n) is 2.40. The van der Waals surface area contributed by atoms with E-state index >= 15 is 0 Å². The Bertz CT molecular complexity index is 992. The quantitative estimate of drug-likeness (QED) is 0.403. The van der Waals surface area contributed by atoms with Crippen molar-refractivity contribution in [3.63, 3.8) is 0 Å². The van der Waals surface area contributed by atoms with Crippen molar-refractivity contribution in [3.8, 4) is 0 Å². The first kappa shape index (κ1) is 20.2. The minimum absolute atomic E-state index is 0.133. The van der Waals surface area contributed by atoms with E-state index in [2.05, 4.69) is 24.9 Å². The molecule has 0 unspecified atom stereocenters. The Balaban J connectivity index is 1.29. The van der Waals surface area contributed by atoms with Crippen LogP contribution in [0.2, 0.25) is 0 Å². The minimum Gasteiger partial charge on any atom is -0.445 e. The van der Waals surface area contributed by atoms with Crippen molar-refractivity contribution in [2.75, 3.05) is 6.54 Å². The molecule has 1 aromatic heterocycles. The zero-order valence-corrected chi connectivity index (χ0v) is 16.2. The molecule has 0 saturated carbocycles. The van der Waals surface area contributed by atoms with Crippen LogP contribution in [-0.4, -0.2) is 33.2 Å². The van der Waals surface area contributed by atoms with E-state index < -0.39 is 12.0 Å². The van der Waals surface area contributed by atoms with Gasteiger partial charge in [0.25, 0.3) is 5.91 Å². The van der Waals surface area contributed by atoms with Crippen molar-refractivity contribution in [2.24, 2.45) is 0 Å². The Morgan fingerprint density at radius 1 is 0.966 bits per heavy atom. The number of nitrogens with one attached hydrogen (secondary N) is 3. The highest BCUT2D eigenvalue weighted by Crippen LogP contribution is 2.13. The van der Waals surface area contributed by atoms with Crippen LogP contribution in [0.4, 0.5) is 4.79 Å². The smallest absolute Gasteiger partial charge is 0.407 e. The largest absolute Gasteiger partial charge is 0.445 e. The molecule has 0 aliphatic carbocycles. The van der Waals surface area contributed by atoms with Gasteiger partial charge in [0.15, 0.2) is 0 Å². The second-order valence-corrected chi connectivity index (χ2v) is 6.59. The topological polar surface area (TPSA) is 122 Å². The number of carbonyl (C=O) groups excluding carboxylic acids is 3. The summed E-state index contributed by atoms with van der Waals surface area (Å²) in [5.74, 6) is -0.815. The van der Waals surface area contributed by atoms with Gasteiger partial charge in [-0.1, -0.05) is 30.3 Å². The van der Waals surface area contributed by atoms with Crippen molar-refractivity contribution >= 4 is 40.7 Å². The number of nitrogens with zero attached hydrogens (tertiary/aromatic N) is 2. The van der Waals surface area contributed by atoms with Crippen LogP contribution in [0.1, 0.15) is 28.8 Å². The number of rotatable bonds is 7. The summed E-state index contributed by atoms with van der Waals surface area (Å²) >= 11 is 1.07. The summed E-state index contributed by atoms with van der Waals surface area (Å²) in [5, 5.41) is 2.57. The number of hydrazine groups is 1. The highest BCUT2D eigenvalue weighted by atomic mass is 32.1. The fourth-order valence-corrected chi connectivity index (χ4v) is 2.92. The second kappa shape index (κ2) is 10.1. The van der Waals surface area contributed by atoms with Gasteiger partial charge in [0.2, 0.25) is 5.91 Å². The summed E-state index contributed by atoms with van der Waals surface area (Å²) in [4.78, 5) is 35.5. The summed E-state index contributed by atoms with van der Waals surface area (Å²) in [6.07, 6.45) is -0.0122. The number of benzene rings is 2. The molecule has 3 rings (SSSR count). The van der Waals surface area contributed by atoms with Crippen LogP contribution in [-0.2, 0) is 16.1 Å². The van der Waals surface area contributed by atoms with E-state index in [0.717, 1.165) is 17.3 Å². The van der Waals surface area contributed by atoms with Gasteiger partial charge in [0.05, 0.1) is 11.7 Å². The number of carbonyl (C=O) groups is 3. The molecule has 0 bridgehead atoms. The maximum Gasteiger partial charge on any atom is 0.407 e. The highest BCUT2D eigenvalue weighted by Gasteiger charge is 2.10. The number of hydrogen-bond acceptors (Lipinski definition) is 7. The molecule has 0 atom stereocenters. The van der Waals surface area contributed by atoms with Gasteiger partial charge in [0, 0.05) is 18.5 Å². The molecule has 0 aliphatic rings. The molecular weight excluding hydrogens is 394 g/mol. The van der Waals surface area contributed by atoms with E-state index in [9.17, 15) is 14.4 Å². The van der Waals surface area contributed by atoms with Gasteiger partial charge in [-0.15, -0.1) is 0 Å². The zero-order valence-electron chi connectivity index (χ0n) is 15.4. The number of fused-ring (bicyclic) bond motifs is 1. The molecule has 0 radical (unpaired) electrons. The number of amides is 3. The molecule has 3 amide bonds. The third-order valence-electron chi connectivity index (χ3n) is 3.89. The van der Waals surface area contributed by atoms with E-state index in [0.29, 0.717) is 23.0 Å². The zero-order chi connectivity index (χ0) is 20.5. The maximum absolute atomic E-state index is 12.1. The molecule has 0 spiro atoms. The lowest BCUT2D eigenvalue weighted by molar-refractivity contribution is -0.121. The Morgan fingerprint density at radius 3 is 2.59 bits per heavy atom. The molecule has 29 heavy (non-hydrogen) atoms. The Morgan fingerprint density at radius 2 is 1.76 bits per heavy atom. The van der Waals surface area contributed by atoms with Crippen LogP contribution >= 0.6 is 11.7 Å². The van der Waals surface area contributed by atoms with Gasteiger partial charge in [0.1, 0.15) is 17.6 Å². The van der Waals surface area contributed by atoms with Crippen molar-refractivity contribution in [1.82, 2.24) is 24.9 Å². The monoisotopic (exact) mass is 413 g/mol. The lowest BCUT2D eigenvalue weighted by Gasteiger charge is -2.08. The third-order valence-corrected chi connectivity index (χ3v) is 4.45. The molecule has 10 heteroatoms. The van der Waals surface area contributed by atoms with Crippen molar-refractivity contribution in [3.05, 3.63) is 59.7 Å². The third kappa shape index (κ3) is 6.25. The molecule has 9 nitrogen and oxygen atoms in total. The normalized spacial score (nSPS) is 10.3. The fraction of sp³-hybridized carbons (Fsp3) is 0.211. The number of ether oxygens (including phenoxy) is 1. The predicted molar refractivity (Wildman–Crippen MR) is 107 cm³/mol. The van der Waals surface area contributed by atoms with E-state index in [1.807, 2.05) is 30.3 Å². The van der Waals surface area contributed by atoms with E-state index in [1.54, 1.807) is 18.2 Å². The van der Waals surface area contributed by atoms with Crippen LogP contribution in [0.25, 0.3) is 11.0 Å².